The Bertz CT molecular complexity index is 642. The summed E-state index contributed by atoms with van der Waals surface area (Å²) < 4.78 is 0. The molecular weight excluding hydrogens is 298 g/mol. The number of nitrogens with zero attached hydrogens (tertiary/aromatic N) is 1. The van der Waals surface area contributed by atoms with Crippen molar-refractivity contribution >= 4 is 39.9 Å². The standard InChI is InChI=1S/C13H12ClN3O2S/c14-10-4-2-1-3-8(10)5-12(19)17-13-16-9(7-20-13)6-11(15)18/h1-4,7H,5-6H2,(H2,15,18)(H,16,17,19). The van der Waals surface area contributed by atoms with Gasteiger partial charge in [-0.1, -0.05) is 29.8 Å². The minimum Gasteiger partial charge on any atom is -0.369 e. The molecule has 20 heavy (non-hydrogen) atoms. The molecule has 2 amide bonds. The lowest BCUT2D eigenvalue weighted by atomic mass is 10.1. The smallest absolute Gasteiger partial charge is 0.230 e. The van der Waals surface area contributed by atoms with Gasteiger partial charge in [0.05, 0.1) is 18.5 Å². The van der Waals surface area contributed by atoms with E-state index in [-0.39, 0.29) is 18.7 Å². The first kappa shape index (κ1) is 14.5. The van der Waals surface area contributed by atoms with Gasteiger partial charge >= 0.3 is 0 Å². The minimum absolute atomic E-state index is 0.0664. The maximum absolute atomic E-state index is 11.9. The number of halogens is 1. The average Bonchev–Trinajstić information content (AvgIpc) is 2.78. The van der Waals surface area contributed by atoms with Crippen LogP contribution in [0.2, 0.25) is 5.02 Å². The molecule has 7 heteroatoms. The second-order valence-corrected chi connectivity index (χ2v) is 5.37. The van der Waals surface area contributed by atoms with E-state index in [2.05, 4.69) is 10.3 Å². The number of hydrogen-bond donors (Lipinski definition) is 2. The maximum Gasteiger partial charge on any atom is 0.230 e. The first-order valence-electron chi connectivity index (χ1n) is 5.80. The normalized spacial score (nSPS) is 10.2. The summed E-state index contributed by atoms with van der Waals surface area (Å²) in [6.45, 7) is 0. The monoisotopic (exact) mass is 309 g/mol. The van der Waals surface area contributed by atoms with Crippen molar-refractivity contribution in [3.63, 3.8) is 0 Å². The Morgan fingerprint density at radius 3 is 2.75 bits per heavy atom. The number of carbonyl (C=O) groups is 2. The highest BCUT2D eigenvalue weighted by molar-refractivity contribution is 7.13. The number of hydrogen-bond acceptors (Lipinski definition) is 4. The number of thiazole rings is 1. The van der Waals surface area contributed by atoms with Crippen LogP contribution in [0.25, 0.3) is 0 Å². The molecular formula is C13H12ClN3O2S. The number of anilines is 1. The second kappa shape index (κ2) is 6.49. The van der Waals surface area contributed by atoms with Crippen LogP contribution in [-0.4, -0.2) is 16.8 Å². The van der Waals surface area contributed by atoms with Gasteiger partial charge in [-0.05, 0) is 11.6 Å². The summed E-state index contributed by atoms with van der Waals surface area (Å²) in [5, 5.41) is 5.35. The molecule has 0 radical (unpaired) electrons. The fourth-order valence-electron chi connectivity index (χ4n) is 1.60. The molecule has 0 saturated heterocycles. The Morgan fingerprint density at radius 1 is 1.30 bits per heavy atom. The van der Waals surface area contributed by atoms with Crippen molar-refractivity contribution in [3.05, 3.63) is 45.9 Å². The topological polar surface area (TPSA) is 85.1 Å². The van der Waals surface area contributed by atoms with Crippen molar-refractivity contribution in [2.75, 3.05) is 5.32 Å². The molecule has 0 unspecified atom stereocenters. The molecule has 1 heterocycles. The van der Waals surface area contributed by atoms with Gasteiger partial charge in [-0.2, -0.15) is 0 Å². The number of nitrogens with one attached hydrogen (secondary N) is 1. The lowest BCUT2D eigenvalue weighted by Gasteiger charge is -2.03. The van der Waals surface area contributed by atoms with Crippen molar-refractivity contribution in [2.24, 2.45) is 5.73 Å². The van der Waals surface area contributed by atoms with Crippen molar-refractivity contribution in [3.8, 4) is 0 Å². The van der Waals surface area contributed by atoms with Gasteiger partial charge in [0.25, 0.3) is 0 Å². The molecule has 0 aliphatic carbocycles. The van der Waals surface area contributed by atoms with Gasteiger partial charge in [0.15, 0.2) is 5.13 Å². The van der Waals surface area contributed by atoms with Crippen LogP contribution in [-0.2, 0) is 22.4 Å². The predicted octanol–water partition coefficient (Wildman–Crippen LogP) is 2.01. The Balaban J connectivity index is 1.96. The third kappa shape index (κ3) is 4.04. The molecule has 3 N–H and O–H groups in total. The SMILES string of the molecule is NC(=O)Cc1csc(NC(=O)Cc2ccccc2Cl)n1. The van der Waals surface area contributed by atoms with E-state index in [4.69, 9.17) is 17.3 Å². The first-order valence-corrected chi connectivity index (χ1v) is 7.06. The molecule has 1 aromatic carbocycles. The second-order valence-electron chi connectivity index (χ2n) is 4.10. The van der Waals surface area contributed by atoms with E-state index in [9.17, 15) is 9.59 Å². The zero-order chi connectivity index (χ0) is 14.5. The van der Waals surface area contributed by atoms with Crippen LogP contribution in [0.3, 0.4) is 0 Å². The van der Waals surface area contributed by atoms with E-state index in [0.29, 0.717) is 15.8 Å². The Hall–Kier alpha value is -1.92. The molecule has 0 aliphatic heterocycles. The van der Waals surface area contributed by atoms with E-state index in [1.807, 2.05) is 6.07 Å². The van der Waals surface area contributed by atoms with Gasteiger partial charge in [-0.3, -0.25) is 9.59 Å². The summed E-state index contributed by atoms with van der Waals surface area (Å²) in [5.41, 5.74) is 6.38. The van der Waals surface area contributed by atoms with E-state index < -0.39 is 5.91 Å². The molecule has 2 rings (SSSR count). The van der Waals surface area contributed by atoms with Crippen LogP contribution in [0.1, 0.15) is 11.3 Å². The van der Waals surface area contributed by atoms with Crippen molar-refractivity contribution < 1.29 is 9.59 Å². The van der Waals surface area contributed by atoms with E-state index >= 15 is 0 Å². The highest BCUT2D eigenvalue weighted by Crippen LogP contribution is 2.18. The average molecular weight is 310 g/mol. The van der Waals surface area contributed by atoms with Crippen molar-refractivity contribution in [1.29, 1.82) is 0 Å². The molecule has 0 saturated carbocycles. The van der Waals surface area contributed by atoms with Gasteiger partial charge in [0, 0.05) is 10.4 Å². The molecule has 0 fully saturated rings. The summed E-state index contributed by atoms with van der Waals surface area (Å²) in [6, 6.07) is 7.16. The van der Waals surface area contributed by atoms with Gasteiger partial charge in [0.1, 0.15) is 0 Å². The first-order chi connectivity index (χ1) is 9.54. The van der Waals surface area contributed by atoms with Crippen molar-refractivity contribution in [2.45, 2.75) is 12.8 Å². The Labute approximate surface area is 124 Å². The van der Waals surface area contributed by atoms with E-state index in [0.717, 1.165) is 5.56 Å². The summed E-state index contributed by atoms with van der Waals surface area (Å²) in [5.74, 6) is -0.665. The van der Waals surface area contributed by atoms with Crippen LogP contribution < -0.4 is 11.1 Å². The third-order valence-corrected chi connectivity index (χ3v) is 3.64. The molecule has 5 nitrogen and oxygen atoms in total. The van der Waals surface area contributed by atoms with Crippen LogP contribution >= 0.6 is 22.9 Å². The summed E-state index contributed by atoms with van der Waals surface area (Å²) in [4.78, 5) is 26.7. The number of benzene rings is 1. The Kier molecular flexibility index (Phi) is 4.70. The largest absolute Gasteiger partial charge is 0.369 e. The summed E-state index contributed by atoms with van der Waals surface area (Å²) in [7, 11) is 0. The van der Waals surface area contributed by atoms with Crippen LogP contribution in [0.4, 0.5) is 5.13 Å². The van der Waals surface area contributed by atoms with Crippen LogP contribution in [0.5, 0.6) is 0 Å². The molecule has 0 atom stereocenters. The zero-order valence-corrected chi connectivity index (χ0v) is 12.0. The molecule has 0 aliphatic rings. The molecule has 0 spiro atoms. The van der Waals surface area contributed by atoms with E-state index in [1.165, 1.54) is 11.3 Å². The minimum atomic E-state index is -0.454. The highest BCUT2D eigenvalue weighted by Gasteiger charge is 2.10. The third-order valence-electron chi connectivity index (χ3n) is 2.46. The van der Waals surface area contributed by atoms with Gasteiger partial charge in [-0.25, -0.2) is 4.98 Å². The maximum atomic E-state index is 11.9. The van der Waals surface area contributed by atoms with Crippen molar-refractivity contribution in [1.82, 2.24) is 4.98 Å². The molecule has 2 aromatic rings. The summed E-state index contributed by atoms with van der Waals surface area (Å²) in [6.07, 6.45) is 0.237. The Morgan fingerprint density at radius 2 is 2.05 bits per heavy atom. The zero-order valence-electron chi connectivity index (χ0n) is 10.4. The number of primary amides is 1. The van der Waals surface area contributed by atoms with Gasteiger partial charge < -0.3 is 11.1 Å². The number of amides is 2. The quantitative estimate of drug-likeness (QED) is 0.886. The summed E-state index contributed by atoms with van der Waals surface area (Å²) >= 11 is 7.24. The molecule has 1 aromatic heterocycles. The molecule has 104 valence electrons. The highest BCUT2D eigenvalue weighted by atomic mass is 35.5. The number of rotatable bonds is 5. The lowest BCUT2D eigenvalue weighted by Crippen LogP contribution is -2.15. The van der Waals surface area contributed by atoms with Gasteiger partial charge in [0.2, 0.25) is 11.8 Å². The fraction of sp³-hybridized carbons (Fsp3) is 0.154. The lowest BCUT2D eigenvalue weighted by molar-refractivity contribution is -0.117. The number of aromatic nitrogens is 1. The number of carbonyl (C=O) groups excluding carboxylic acids is 2. The van der Waals surface area contributed by atoms with Crippen LogP contribution in [0, 0.1) is 0 Å². The predicted molar refractivity (Wildman–Crippen MR) is 78.8 cm³/mol. The van der Waals surface area contributed by atoms with Crippen LogP contribution in [0.15, 0.2) is 29.6 Å². The number of nitrogens with two attached hydrogens (primary N) is 1. The van der Waals surface area contributed by atoms with E-state index in [1.54, 1.807) is 23.6 Å². The fourth-order valence-corrected chi connectivity index (χ4v) is 2.53. The molecule has 0 bridgehead atoms. The van der Waals surface area contributed by atoms with Gasteiger partial charge in [-0.15, -0.1) is 11.3 Å².